The number of carbonyl (C=O) groups is 1. The molecular weight excluding hydrogens is 286 g/mol. The SMILES string of the molecule is CN(C(=O)C1C2CCCCC21)C1CCCCC1S(C)(=O)=O. The second kappa shape index (κ2) is 5.56. The Labute approximate surface area is 128 Å². The second-order valence-electron chi connectivity index (χ2n) is 7.31. The lowest BCUT2D eigenvalue weighted by Crippen LogP contribution is -2.49. The Balaban J connectivity index is 1.71. The molecule has 0 aliphatic heterocycles. The molecule has 0 bridgehead atoms. The summed E-state index contributed by atoms with van der Waals surface area (Å²) in [5.74, 6) is 1.59. The van der Waals surface area contributed by atoms with Crippen molar-refractivity contribution in [2.45, 2.75) is 62.7 Å². The van der Waals surface area contributed by atoms with Crippen LogP contribution in [0.4, 0.5) is 0 Å². The van der Waals surface area contributed by atoms with E-state index >= 15 is 0 Å². The van der Waals surface area contributed by atoms with Crippen LogP contribution in [-0.2, 0) is 14.6 Å². The quantitative estimate of drug-likeness (QED) is 0.803. The summed E-state index contributed by atoms with van der Waals surface area (Å²) in [7, 11) is -1.24. The highest BCUT2D eigenvalue weighted by Crippen LogP contribution is 2.56. The van der Waals surface area contributed by atoms with E-state index < -0.39 is 9.84 Å². The summed E-state index contributed by atoms with van der Waals surface area (Å²) in [6, 6.07) is -0.107. The minimum absolute atomic E-state index is 0.107. The Bertz CT molecular complexity index is 504. The van der Waals surface area contributed by atoms with Gasteiger partial charge in [-0.2, -0.15) is 0 Å². The first-order valence-corrected chi connectivity index (χ1v) is 10.3. The van der Waals surface area contributed by atoms with Gasteiger partial charge in [0.15, 0.2) is 9.84 Å². The van der Waals surface area contributed by atoms with E-state index in [0.29, 0.717) is 18.3 Å². The topological polar surface area (TPSA) is 54.5 Å². The third kappa shape index (κ3) is 2.86. The van der Waals surface area contributed by atoms with E-state index in [0.717, 1.165) is 19.3 Å². The zero-order valence-corrected chi connectivity index (χ0v) is 13.9. The molecule has 4 atom stereocenters. The highest BCUT2D eigenvalue weighted by Gasteiger charge is 2.56. The molecule has 4 nitrogen and oxygen atoms in total. The van der Waals surface area contributed by atoms with Crippen molar-refractivity contribution in [1.29, 1.82) is 0 Å². The molecule has 0 aromatic carbocycles. The van der Waals surface area contributed by atoms with Crippen LogP contribution in [0.5, 0.6) is 0 Å². The molecule has 4 unspecified atom stereocenters. The van der Waals surface area contributed by atoms with E-state index in [1.54, 1.807) is 4.90 Å². The van der Waals surface area contributed by atoms with E-state index in [4.69, 9.17) is 0 Å². The number of fused-ring (bicyclic) bond motifs is 1. The molecule has 3 aliphatic rings. The van der Waals surface area contributed by atoms with Gasteiger partial charge in [0.05, 0.1) is 5.25 Å². The Hall–Kier alpha value is -0.580. The normalized spacial score (nSPS) is 39.4. The summed E-state index contributed by atoms with van der Waals surface area (Å²) in [6.07, 6.45) is 9.75. The number of carbonyl (C=O) groups excluding carboxylic acids is 1. The maximum absolute atomic E-state index is 12.8. The van der Waals surface area contributed by atoms with Gasteiger partial charge in [0.25, 0.3) is 0 Å². The minimum Gasteiger partial charge on any atom is -0.341 e. The Morgan fingerprint density at radius 3 is 2.05 bits per heavy atom. The van der Waals surface area contributed by atoms with Crippen LogP contribution >= 0.6 is 0 Å². The third-order valence-electron chi connectivity index (χ3n) is 6.00. The molecular formula is C16H27NO3S. The summed E-state index contributed by atoms with van der Waals surface area (Å²) >= 11 is 0. The monoisotopic (exact) mass is 313 g/mol. The first kappa shape index (κ1) is 15.3. The summed E-state index contributed by atoms with van der Waals surface area (Å²) in [6.45, 7) is 0. The fourth-order valence-electron chi connectivity index (χ4n) is 4.78. The molecule has 21 heavy (non-hydrogen) atoms. The van der Waals surface area contributed by atoms with Crippen LogP contribution in [0.15, 0.2) is 0 Å². The van der Waals surface area contributed by atoms with Crippen molar-refractivity contribution in [1.82, 2.24) is 4.90 Å². The van der Waals surface area contributed by atoms with Crippen LogP contribution in [0.1, 0.15) is 51.4 Å². The number of amides is 1. The lowest BCUT2D eigenvalue weighted by atomic mass is 9.93. The van der Waals surface area contributed by atoms with Crippen molar-refractivity contribution in [3.05, 3.63) is 0 Å². The summed E-state index contributed by atoms with van der Waals surface area (Å²) in [5.41, 5.74) is 0. The number of hydrogen-bond acceptors (Lipinski definition) is 3. The van der Waals surface area contributed by atoms with Crippen LogP contribution < -0.4 is 0 Å². The van der Waals surface area contributed by atoms with Crippen molar-refractivity contribution in [3.63, 3.8) is 0 Å². The fourth-order valence-corrected chi connectivity index (χ4v) is 6.26. The highest BCUT2D eigenvalue weighted by molar-refractivity contribution is 7.91. The number of rotatable bonds is 3. The predicted molar refractivity (Wildman–Crippen MR) is 82.6 cm³/mol. The smallest absolute Gasteiger partial charge is 0.226 e. The zero-order chi connectivity index (χ0) is 15.2. The molecule has 0 spiro atoms. The van der Waals surface area contributed by atoms with Crippen LogP contribution in [0.3, 0.4) is 0 Å². The average Bonchev–Trinajstić information content (AvgIpc) is 3.19. The maximum atomic E-state index is 12.8. The molecule has 0 heterocycles. The van der Waals surface area contributed by atoms with Crippen molar-refractivity contribution in [3.8, 4) is 0 Å². The first-order valence-electron chi connectivity index (χ1n) is 8.37. The second-order valence-corrected chi connectivity index (χ2v) is 9.57. The van der Waals surface area contributed by atoms with Gasteiger partial charge in [0.1, 0.15) is 0 Å². The first-order chi connectivity index (χ1) is 9.91. The standard InChI is InChI=1S/C16H27NO3S/c1-17(13-9-5-6-10-14(13)21(2,19)20)16(18)15-11-7-3-4-8-12(11)15/h11-15H,3-10H2,1-2H3. The molecule has 0 aromatic rings. The molecule has 0 radical (unpaired) electrons. The molecule has 3 rings (SSSR count). The van der Waals surface area contributed by atoms with E-state index in [9.17, 15) is 13.2 Å². The molecule has 0 aromatic heterocycles. The van der Waals surface area contributed by atoms with Crippen LogP contribution in [0.2, 0.25) is 0 Å². The third-order valence-corrected chi connectivity index (χ3v) is 7.65. The van der Waals surface area contributed by atoms with Gasteiger partial charge in [-0.3, -0.25) is 4.79 Å². The van der Waals surface area contributed by atoms with E-state index in [-0.39, 0.29) is 23.1 Å². The van der Waals surface area contributed by atoms with Crippen molar-refractivity contribution in [2.24, 2.45) is 17.8 Å². The molecule has 3 fully saturated rings. The van der Waals surface area contributed by atoms with Crippen molar-refractivity contribution < 1.29 is 13.2 Å². The zero-order valence-electron chi connectivity index (χ0n) is 13.1. The van der Waals surface area contributed by atoms with Gasteiger partial charge in [0, 0.05) is 25.3 Å². The molecule has 120 valence electrons. The summed E-state index contributed by atoms with van der Waals surface area (Å²) in [4.78, 5) is 14.6. The summed E-state index contributed by atoms with van der Waals surface area (Å²) in [5, 5.41) is -0.360. The van der Waals surface area contributed by atoms with Gasteiger partial charge >= 0.3 is 0 Å². The average molecular weight is 313 g/mol. The highest BCUT2D eigenvalue weighted by atomic mass is 32.2. The number of sulfone groups is 1. The van der Waals surface area contributed by atoms with Crippen molar-refractivity contribution in [2.75, 3.05) is 13.3 Å². The predicted octanol–water partition coefficient (Wildman–Crippen LogP) is 2.24. The Morgan fingerprint density at radius 2 is 1.48 bits per heavy atom. The van der Waals surface area contributed by atoms with Gasteiger partial charge in [-0.15, -0.1) is 0 Å². The van der Waals surface area contributed by atoms with Gasteiger partial charge < -0.3 is 4.90 Å². The number of nitrogens with zero attached hydrogens (tertiary/aromatic N) is 1. The molecule has 1 amide bonds. The Morgan fingerprint density at radius 1 is 0.952 bits per heavy atom. The maximum Gasteiger partial charge on any atom is 0.226 e. The van der Waals surface area contributed by atoms with E-state index in [1.165, 1.54) is 31.9 Å². The van der Waals surface area contributed by atoms with Crippen LogP contribution in [0, 0.1) is 17.8 Å². The molecule has 3 saturated carbocycles. The van der Waals surface area contributed by atoms with Gasteiger partial charge in [-0.05, 0) is 37.5 Å². The molecule has 5 heteroatoms. The lowest BCUT2D eigenvalue weighted by Gasteiger charge is -2.37. The van der Waals surface area contributed by atoms with Gasteiger partial charge in [0.2, 0.25) is 5.91 Å². The van der Waals surface area contributed by atoms with Crippen LogP contribution in [0.25, 0.3) is 0 Å². The van der Waals surface area contributed by atoms with E-state index in [1.807, 2.05) is 7.05 Å². The van der Waals surface area contributed by atoms with Crippen molar-refractivity contribution >= 4 is 15.7 Å². The van der Waals surface area contributed by atoms with E-state index in [2.05, 4.69) is 0 Å². The molecule has 3 aliphatic carbocycles. The van der Waals surface area contributed by atoms with Gasteiger partial charge in [-0.1, -0.05) is 25.7 Å². The fraction of sp³-hybridized carbons (Fsp3) is 0.938. The minimum atomic E-state index is -3.08. The summed E-state index contributed by atoms with van der Waals surface area (Å²) < 4.78 is 24.0. The largest absolute Gasteiger partial charge is 0.341 e. The van der Waals surface area contributed by atoms with Crippen LogP contribution in [-0.4, -0.2) is 43.8 Å². The van der Waals surface area contributed by atoms with Gasteiger partial charge in [-0.25, -0.2) is 8.42 Å². The Kier molecular flexibility index (Phi) is 4.06. The number of hydrogen-bond donors (Lipinski definition) is 0. The lowest BCUT2D eigenvalue weighted by molar-refractivity contribution is -0.134. The molecule has 0 saturated heterocycles. The molecule has 0 N–H and O–H groups in total.